The van der Waals surface area contributed by atoms with E-state index in [1.165, 1.54) is 19.2 Å². The molecule has 0 aliphatic carbocycles. The molecule has 1 aromatic carbocycles. The molecule has 12 heteroatoms. The minimum Gasteiger partial charge on any atom is -0.453 e. The lowest BCUT2D eigenvalue weighted by Gasteiger charge is -2.26. The van der Waals surface area contributed by atoms with E-state index in [9.17, 15) is 26.4 Å². The highest BCUT2D eigenvalue weighted by Gasteiger charge is 2.64. The number of alkyl halides is 3. The van der Waals surface area contributed by atoms with Crippen LogP contribution in [0.4, 0.5) is 23.7 Å². The molecule has 5 atom stereocenters. The SMILES string of the molecule is COC(=O)N[C@@H]1C[C@@H]2O[C@@H]1[C@H]1[C@@H]2CN(c2ccc(C#N)c(C(F)(F)F)c2)S1(=O)=O. The summed E-state index contributed by atoms with van der Waals surface area (Å²) in [6.07, 6.45) is -6.35. The van der Waals surface area contributed by atoms with Gasteiger partial charge in [0.1, 0.15) is 5.25 Å². The summed E-state index contributed by atoms with van der Waals surface area (Å²) >= 11 is 0. The fourth-order valence-electron chi connectivity index (χ4n) is 4.45. The van der Waals surface area contributed by atoms with Gasteiger partial charge in [-0.05, 0) is 24.6 Å². The summed E-state index contributed by atoms with van der Waals surface area (Å²) < 4.78 is 77.3. The van der Waals surface area contributed by atoms with Gasteiger partial charge >= 0.3 is 12.3 Å². The summed E-state index contributed by atoms with van der Waals surface area (Å²) in [5, 5.41) is 10.5. The van der Waals surface area contributed by atoms with Crippen molar-refractivity contribution >= 4 is 21.8 Å². The fraction of sp³-hybridized carbons (Fsp3) is 0.529. The van der Waals surface area contributed by atoms with Crippen molar-refractivity contribution in [1.82, 2.24) is 5.32 Å². The predicted molar refractivity (Wildman–Crippen MR) is 92.3 cm³/mol. The summed E-state index contributed by atoms with van der Waals surface area (Å²) in [4.78, 5) is 11.5. The molecule has 0 unspecified atom stereocenters. The van der Waals surface area contributed by atoms with Crippen LogP contribution in [0.25, 0.3) is 0 Å². The Kier molecular flexibility index (Phi) is 4.43. The molecule has 1 aromatic rings. The van der Waals surface area contributed by atoms with Crippen molar-refractivity contribution in [2.45, 2.75) is 36.1 Å². The van der Waals surface area contributed by atoms with E-state index in [0.29, 0.717) is 12.5 Å². The molecule has 0 radical (unpaired) electrons. The first-order chi connectivity index (χ1) is 13.6. The van der Waals surface area contributed by atoms with E-state index >= 15 is 0 Å². The molecule has 3 fully saturated rings. The number of fused-ring (bicyclic) bond motifs is 5. The number of hydrogen-bond acceptors (Lipinski definition) is 6. The Labute approximate surface area is 164 Å². The molecule has 1 amide bonds. The zero-order chi connectivity index (χ0) is 21.1. The van der Waals surface area contributed by atoms with Gasteiger partial charge in [-0.1, -0.05) is 0 Å². The Morgan fingerprint density at radius 1 is 1.41 bits per heavy atom. The second kappa shape index (κ2) is 6.50. The molecule has 1 N–H and O–H groups in total. The van der Waals surface area contributed by atoms with E-state index < -0.39 is 62.8 Å². The van der Waals surface area contributed by atoms with Gasteiger partial charge in [0, 0.05) is 12.5 Å². The second-order valence-electron chi connectivity index (χ2n) is 7.16. The predicted octanol–water partition coefficient (Wildman–Crippen LogP) is 1.61. The minimum absolute atomic E-state index is 0.0255. The molecule has 29 heavy (non-hydrogen) atoms. The Bertz CT molecular complexity index is 1010. The molecule has 3 heterocycles. The Balaban J connectivity index is 1.67. The number of carbonyl (C=O) groups excluding carboxylic acids is 1. The van der Waals surface area contributed by atoms with Crippen LogP contribution in [0.3, 0.4) is 0 Å². The number of carbonyl (C=O) groups is 1. The van der Waals surface area contributed by atoms with Gasteiger partial charge in [-0.15, -0.1) is 0 Å². The molecular formula is C17H16F3N3O5S. The number of nitrogens with zero attached hydrogens (tertiary/aromatic N) is 2. The van der Waals surface area contributed by atoms with Gasteiger partial charge in [-0.2, -0.15) is 18.4 Å². The summed E-state index contributed by atoms with van der Waals surface area (Å²) in [6, 6.07) is 3.76. The van der Waals surface area contributed by atoms with Crippen molar-refractivity contribution in [3.8, 4) is 6.07 Å². The van der Waals surface area contributed by atoms with Crippen LogP contribution in [0.2, 0.25) is 0 Å². The number of ether oxygens (including phenoxy) is 2. The highest BCUT2D eigenvalue weighted by atomic mass is 32.2. The second-order valence-corrected chi connectivity index (χ2v) is 9.18. The first kappa shape index (κ1) is 19.8. The third-order valence-corrected chi connectivity index (χ3v) is 7.95. The van der Waals surface area contributed by atoms with Crippen LogP contribution in [0.1, 0.15) is 17.5 Å². The van der Waals surface area contributed by atoms with E-state index in [2.05, 4.69) is 10.1 Å². The number of methoxy groups -OCH3 is 1. The maximum atomic E-state index is 13.3. The topological polar surface area (TPSA) is 109 Å². The van der Waals surface area contributed by atoms with E-state index in [1.54, 1.807) is 0 Å². The number of anilines is 1. The smallest absolute Gasteiger partial charge is 0.417 e. The third kappa shape index (κ3) is 3.00. The van der Waals surface area contributed by atoms with Gasteiger partial charge in [-0.3, -0.25) is 4.31 Å². The lowest BCUT2D eigenvalue weighted by Crippen LogP contribution is -2.50. The van der Waals surface area contributed by atoms with Crippen molar-refractivity contribution in [3.05, 3.63) is 29.3 Å². The van der Waals surface area contributed by atoms with Crippen LogP contribution < -0.4 is 9.62 Å². The van der Waals surface area contributed by atoms with Crippen LogP contribution in [0, 0.1) is 17.2 Å². The lowest BCUT2D eigenvalue weighted by atomic mass is 9.85. The molecule has 0 spiro atoms. The maximum Gasteiger partial charge on any atom is 0.417 e. The van der Waals surface area contributed by atoms with Crippen LogP contribution in [0.15, 0.2) is 18.2 Å². The van der Waals surface area contributed by atoms with Crippen molar-refractivity contribution < 1.29 is 35.9 Å². The quantitative estimate of drug-likeness (QED) is 0.762. The van der Waals surface area contributed by atoms with Gasteiger partial charge in [0.15, 0.2) is 0 Å². The number of alkyl carbamates (subject to hydrolysis) is 1. The van der Waals surface area contributed by atoms with E-state index in [4.69, 9.17) is 10.00 Å². The molecule has 0 aromatic heterocycles. The Morgan fingerprint density at radius 3 is 2.76 bits per heavy atom. The monoisotopic (exact) mass is 431 g/mol. The summed E-state index contributed by atoms with van der Waals surface area (Å²) in [6.45, 7) is -0.0255. The molecule has 2 bridgehead atoms. The maximum absolute atomic E-state index is 13.3. The molecule has 4 rings (SSSR count). The number of sulfonamides is 1. The highest BCUT2D eigenvalue weighted by Crippen LogP contribution is 2.49. The number of rotatable bonds is 2. The summed E-state index contributed by atoms with van der Waals surface area (Å²) in [5.41, 5.74) is -1.92. The molecule has 3 aliphatic rings. The van der Waals surface area contributed by atoms with Gasteiger partial charge in [-0.25, -0.2) is 13.2 Å². The standard InChI is InChI=1S/C17H16F3N3O5S/c1-27-16(24)22-12-5-13-10-7-23(29(25,26)15(10)14(12)28-13)9-3-2-8(6-21)11(4-9)17(18,19)20/h2-4,10,12-15H,5,7H2,1H3,(H,22,24)/t10-,12-,13+,14+,15-/m1/s1. The van der Waals surface area contributed by atoms with Crippen molar-refractivity contribution in [2.75, 3.05) is 18.0 Å². The first-order valence-electron chi connectivity index (χ1n) is 8.70. The molecule has 3 aliphatic heterocycles. The summed E-state index contributed by atoms with van der Waals surface area (Å²) in [5.74, 6) is -0.425. The normalized spacial score (nSPS) is 32.0. The minimum atomic E-state index is -4.79. The van der Waals surface area contributed by atoms with Crippen LogP contribution >= 0.6 is 0 Å². The van der Waals surface area contributed by atoms with Crippen molar-refractivity contribution in [2.24, 2.45) is 5.92 Å². The Morgan fingerprint density at radius 2 is 2.14 bits per heavy atom. The van der Waals surface area contributed by atoms with Gasteiger partial charge in [0.05, 0.1) is 48.2 Å². The largest absolute Gasteiger partial charge is 0.453 e. The number of hydrogen-bond donors (Lipinski definition) is 1. The molecule has 8 nitrogen and oxygen atoms in total. The van der Waals surface area contributed by atoms with E-state index in [0.717, 1.165) is 10.4 Å². The zero-order valence-corrected chi connectivity index (χ0v) is 15.8. The third-order valence-electron chi connectivity index (χ3n) is 5.67. The molecular weight excluding hydrogens is 415 g/mol. The number of benzene rings is 1. The molecule has 0 saturated carbocycles. The van der Waals surface area contributed by atoms with E-state index in [1.807, 2.05) is 0 Å². The molecule has 3 saturated heterocycles. The fourth-order valence-corrected chi connectivity index (χ4v) is 6.83. The van der Waals surface area contributed by atoms with Crippen LogP contribution in [0.5, 0.6) is 0 Å². The number of nitrogens with one attached hydrogen (secondary N) is 1. The number of amides is 1. The van der Waals surface area contributed by atoms with E-state index in [-0.39, 0.29) is 12.2 Å². The van der Waals surface area contributed by atoms with Crippen molar-refractivity contribution in [1.29, 1.82) is 5.26 Å². The number of halogens is 3. The summed E-state index contributed by atoms with van der Waals surface area (Å²) in [7, 11) is -2.86. The van der Waals surface area contributed by atoms with Gasteiger partial charge in [0.25, 0.3) is 0 Å². The molecule has 156 valence electrons. The average Bonchev–Trinajstić information content (AvgIpc) is 3.30. The first-order valence-corrected chi connectivity index (χ1v) is 10.2. The van der Waals surface area contributed by atoms with Gasteiger partial charge in [0.2, 0.25) is 10.0 Å². The van der Waals surface area contributed by atoms with Crippen molar-refractivity contribution in [3.63, 3.8) is 0 Å². The van der Waals surface area contributed by atoms with Gasteiger partial charge < -0.3 is 14.8 Å². The number of nitriles is 1. The van der Waals surface area contributed by atoms with Crippen LogP contribution in [-0.2, 0) is 25.7 Å². The Hall–Kier alpha value is -2.52. The zero-order valence-electron chi connectivity index (χ0n) is 15.0. The van der Waals surface area contributed by atoms with Crippen LogP contribution in [-0.4, -0.2) is 51.7 Å². The average molecular weight is 431 g/mol. The lowest BCUT2D eigenvalue weighted by molar-refractivity contribution is -0.137. The highest BCUT2D eigenvalue weighted by molar-refractivity contribution is 7.93.